The lowest BCUT2D eigenvalue weighted by molar-refractivity contribution is -0.385. The van der Waals surface area contributed by atoms with Crippen molar-refractivity contribution in [1.29, 1.82) is 0 Å². The molecule has 1 aliphatic heterocycles. The lowest BCUT2D eigenvalue weighted by atomic mass is 10.1. The number of benzene rings is 2. The molecule has 2 aromatic carbocycles. The summed E-state index contributed by atoms with van der Waals surface area (Å²) in [6, 6.07) is 10.6. The second-order valence-electron chi connectivity index (χ2n) is 6.34. The maximum Gasteiger partial charge on any atom is 0.311 e. The highest BCUT2D eigenvalue weighted by Gasteiger charge is 2.25. The number of methoxy groups -OCH3 is 1. The Morgan fingerprint density at radius 3 is 2.41 bits per heavy atom. The van der Waals surface area contributed by atoms with Gasteiger partial charge < -0.3 is 9.64 Å². The van der Waals surface area contributed by atoms with E-state index in [2.05, 4.69) is 4.90 Å². The average molecular weight is 373 g/mol. The lowest BCUT2D eigenvalue weighted by Gasteiger charge is -2.34. The van der Waals surface area contributed by atoms with Crippen LogP contribution >= 0.6 is 0 Å². The van der Waals surface area contributed by atoms with Gasteiger partial charge in [-0.05, 0) is 29.8 Å². The predicted octanol–water partition coefficient (Wildman–Crippen LogP) is 2.70. The minimum atomic E-state index is -0.559. The molecule has 0 atom stereocenters. The zero-order valence-electron chi connectivity index (χ0n) is 14.9. The molecule has 0 bridgehead atoms. The number of carbonyl (C=O) groups is 1. The van der Waals surface area contributed by atoms with E-state index in [0.29, 0.717) is 32.7 Å². The van der Waals surface area contributed by atoms with E-state index in [0.717, 1.165) is 5.56 Å². The molecule has 0 aliphatic carbocycles. The van der Waals surface area contributed by atoms with E-state index < -0.39 is 4.92 Å². The number of hydrogen-bond donors (Lipinski definition) is 0. The van der Waals surface area contributed by atoms with E-state index in [4.69, 9.17) is 4.74 Å². The van der Waals surface area contributed by atoms with Gasteiger partial charge in [0.25, 0.3) is 5.91 Å². The number of amides is 1. The molecule has 1 aliphatic rings. The molecule has 1 amide bonds. The van der Waals surface area contributed by atoms with Gasteiger partial charge in [-0.2, -0.15) is 0 Å². The summed E-state index contributed by atoms with van der Waals surface area (Å²) >= 11 is 0. The van der Waals surface area contributed by atoms with Crippen LogP contribution < -0.4 is 4.74 Å². The molecule has 0 saturated carbocycles. The Hall–Kier alpha value is -3.00. The lowest BCUT2D eigenvalue weighted by Crippen LogP contribution is -2.48. The number of halogens is 1. The number of rotatable bonds is 5. The van der Waals surface area contributed by atoms with E-state index >= 15 is 0 Å². The van der Waals surface area contributed by atoms with Gasteiger partial charge >= 0.3 is 5.69 Å². The second-order valence-corrected chi connectivity index (χ2v) is 6.34. The van der Waals surface area contributed by atoms with Crippen LogP contribution in [-0.2, 0) is 6.54 Å². The fourth-order valence-corrected chi connectivity index (χ4v) is 3.11. The highest BCUT2D eigenvalue weighted by molar-refractivity contribution is 5.95. The molecule has 142 valence electrons. The molecule has 1 saturated heterocycles. The first-order valence-electron chi connectivity index (χ1n) is 8.56. The van der Waals surface area contributed by atoms with Crippen LogP contribution in [0, 0.1) is 15.9 Å². The zero-order valence-corrected chi connectivity index (χ0v) is 14.9. The molecular weight excluding hydrogens is 353 g/mol. The molecule has 0 radical (unpaired) electrons. The highest BCUT2D eigenvalue weighted by Crippen LogP contribution is 2.28. The normalized spacial score (nSPS) is 14.8. The maximum atomic E-state index is 13.0. The number of ether oxygens (including phenoxy) is 1. The van der Waals surface area contributed by atoms with Crippen LogP contribution in [0.5, 0.6) is 5.75 Å². The van der Waals surface area contributed by atoms with E-state index in [1.807, 2.05) is 0 Å². The van der Waals surface area contributed by atoms with Gasteiger partial charge in [-0.1, -0.05) is 12.1 Å². The third-order valence-electron chi connectivity index (χ3n) is 4.60. The summed E-state index contributed by atoms with van der Waals surface area (Å²) in [5.74, 6) is -0.370. The molecule has 8 heteroatoms. The summed E-state index contributed by atoms with van der Waals surface area (Å²) in [7, 11) is 1.35. The van der Waals surface area contributed by atoms with Crippen molar-refractivity contribution in [2.75, 3.05) is 33.3 Å². The van der Waals surface area contributed by atoms with Crippen LogP contribution in [0.4, 0.5) is 10.1 Å². The van der Waals surface area contributed by atoms with Crippen LogP contribution in [0.2, 0.25) is 0 Å². The first-order valence-corrected chi connectivity index (χ1v) is 8.56. The topological polar surface area (TPSA) is 75.9 Å². The van der Waals surface area contributed by atoms with Crippen LogP contribution in [0.15, 0.2) is 42.5 Å². The molecule has 0 unspecified atom stereocenters. The van der Waals surface area contributed by atoms with Crippen molar-refractivity contribution in [3.05, 3.63) is 69.5 Å². The number of nitrogens with zero attached hydrogens (tertiary/aromatic N) is 3. The van der Waals surface area contributed by atoms with Gasteiger partial charge in [0.15, 0.2) is 5.75 Å². The molecule has 27 heavy (non-hydrogen) atoms. The van der Waals surface area contributed by atoms with Gasteiger partial charge in [0.1, 0.15) is 5.82 Å². The van der Waals surface area contributed by atoms with Crippen molar-refractivity contribution in [3.8, 4) is 5.75 Å². The minimum absolute atomic E-state index is 0.126. The van der Waals surface area contributed by atoms with Gasteiger partial charge in [0, 0.05) is 44.4 Å². The largest absolute Gasteiger partial charge is 0.490 e. The van der Waals surface area contributed by atoms with Crippen LogP contribution in [0.1, 0.15) is 15.9 Å². The van der Waals surface area contributed by atoms with Crippen molar-refractivity contribution >= 4 is 11.6 Å². The number of nitro benzene ring substituents is 1. The SMILES string of the molecule is COc1ccc(C(=O)N2CCN(Cc3ccc(F)cc3)CC2)cc1[N+](=O)[O-]. The molecule has 2 aromatic rings. The van der Waals surface area contributed by atoms with Crippen LogP contribution in [0.25, 0.3) is 0 Å². The maximum absolute atomic E-state index is 13.0. The molecular formula is C19H20FN3O4. The number of piperazine rings is 1. The Balaban J connectivity index is 1.62. The Morgan fingerprint density at radius 1 is 1.15 bits per heavy atom. The zero-order chi connectivity index (χ0) is 19.4. The van der Waals surface area contributed by atoms with Crippen molar-refractivity contribution in [1.82, 2.24) is 9.80 Å². The third-order valence-corrected chi connectivity index (χ3v) is 4.60. The first kappa shape index (κ1) is 18.8. The second kappa shape index (κ2) is 8.13. The number of carbonyl (C=O) groups excluding carboxylic acids is 1. The molecule has 7 nitrogen and oxygen atoms in total. The summed E-state index contributed by atoms with van der Waals surface area (Å²) in [5, 5.41) is 11.1. The van der Waals surface area contributed by atoms with Crippen molar-refractivity contribution in [3.63, 3.8) is 0 Å². The Kier molecular flexibility index (Phi) is 5.66. The third kappa shape index (κ3) is 4.40. The quantitative estimate of drug-likeness (QED) is 0.595. The van der Waals surface area contributed by atoms with Gasteiger partial charge in [-0.15, -0.1) is 0 Å². The fourth-order valence-electron chi connectivity index (χ4n) is 3.11. The fraction of sp³-hybridized carbons (Fsp3) is 0.316. The summed E-state index contributed by atoms with van der Waals surface area (Å²) < 4.78 is 18.0. The number of hydrogen-bond acceptors (Lipinski definition) is 5. The van der Waals surface area contributed by atoms with E-state index in [1.54, 1.807) is 23.1 Å². The first-order chi connectivity index (χ1) is 13.0. The Labute approximate surface area is 156 Å². The average Bonchev–Trinajstić information content (AvgIpc) is 2.69. The Morgan fingerprint density at radius 2 is 1.81 bits per heavy atom. The predicted molar refractivity (Wildman–Crippen MR) is 97.2 cm³/mol. The summed E-state index contributed by atoms with van der Waals surface area (Å²) in [5.41, 5.74) is 1.06. The molecule has 0 N–H and O–H groups in total. The van der Waals surface area contributed by atoms with Crippen molar-refractivity contribution < 1.29 is 18.8 Å². The molecule has 3 rings (SSSR count). The van der Waals surface area contributed by atoms with E-state index in [1.165, 1.54) is 31.4 Å². The van der Waals surface area contributed by atoms with Crippen molar-refractivity contribution in [2.24, 2.45) is 0 Å². The number of nitro groups is 1. The summed E-state index contributed by atoms with van der Waals surface area (Å²) in [6.07, 6.45) is 0. The van der Waals surface area contributed by atoms with Crippen LogP contribution in [-0.4, -0.2) is 53.9 Å². The van der Waals surface area contributed by atoms with Gasteiger partial charge in [-0.3, -0.25) is 19.8 Å². The van der Waals surface area contributed by atoms with Gasteiger partial charge in [0.2, 0.25) is 0 Å². The highest BCUT2D eigenvalue weighted by atomic mass is 19.1. The van der Waals surface area contributed by atoms with Gasteiger partial charge in [-0.25, -0.2) is 4.39 Å². The van der Waals surface area contributed by atoms with Crippen LogP contribution in [0.3, 0.4) is 0 Å². The molecule has 0 aromatic heterocycles. The van der Waals surface area contributed by atoms with E-state index in [9.17, 15) is 19.3 Å². The summed E-state index contributed by atoms with van der Waals surface area (Å²) in [6.45, 7) is 3.11. The van der Waals surface area contributed by atoms with E-state index in [-0.39, 0.29) is 28.7 Å². The summed E-state index contributed by atoms with van der Waals surface area (Å²) in [4.78, 5) is 27.1. The molecule has 0 spiro atoms. The minimum Gasteiger partial charge on any atom is -0.490 e. The van der Waals surface area contributed by atoms with Gasteiger partial charge in [0.05, 0.1) is 12.0 Å². The van der Waals surface area contributed by atoms with Crippen molar-refractivity contribution in [2.45, 2.75) is 6.54 Å². The molecule has 1 fully saturated rings. The standard InChI is InChI=1S/C19H20FN3O4/c1-27-18-7-4-15(12-17(18)23(25)26)19(24)22-10-8-21(9-11-22)13-14-2-5-16(20)6-3-14/h2-7,12H,8-11,13H2,1H3. The Bertz CT molecular complexity index is 833. The molecule has 1 heterocycles. The monoisotopic (exact) mass is 373 g/mol. The smallest absolute Gasteiger partial charge is 0.311 e.